The molecule has 150 valence electrons. The van der Waals surface area contributed by atoms with Crippen LogP contribution in [0.15, 0.2) is 36.7 Å². The Bertz CT molecular complexity index is 1160. The number of hydrogen-bond acceptors (Lipinski definition) is 6. The van der Waals surface area contributed by atoms with Crippen LogP contribution in [0.4, 0.5) is 5.13 Å². The van der Waals surface area contributed by atoms with Crippen molar-refractivity contribution in [2.45, 2.75) is 38.3 Å². The molecule has 0 unspecified atom stereocenters. The van der Waals surface area contributed by atoms with Gasteiger partial charge in [-0.2, -0.15) is 0 Å². The predicted octanol–water partition coefficient (Wildman–Crippen LogP) is 5.07. The Morgan fingerprint density at radius 1 is 1.07 bits per heavy atom. The van der Waals surface area contributed by atoms with E-state index < -0.39 is 0 Å². The van der Waals surface area contributed by atoms with E-state index in [2.05, 4.69) is 33.1 Å². The molecule has 2 aromatic heterocycles. The maximum atomic E-state index is 5.45. The van der Waals surface area contributed by atoms with Gasteiger partial charge in [0.1, 0.15) is 0 Å². The molecule has 0 atom stereocenters. The van der Waals surface area contributed by atoms with E-state index in [-0.39, 0.29) is 0 Å². The van der Waals surface area contributed by atoms with Crippen LogP contribution in [0.2, 0.25) is 0 Å². The number of nitrogens with zero attached hydrogens (tertiary/aromatic N) is 3. The smallest absolute Gasteiger partial charge is 0.184 e. The van der Waals surface area contributed by atoms with Crippen LogP contribution >= 0.6 is 11.3 Å². The van der Waals surface area contributed by atoms with Gasteiger partial charge in [-0.25, -0.2) is 9.97 Å². The van der Waals surface area contributed by atoms with Gasteiger partial charge in [0.25, 0.3) is 0 Å². The predicted molar refractivity (Wildman–Crippen MR) is 117 cm³/mol. The van der Waals surface area contributed by atoms with Crippen molar-refractivity contribution in [3.8, 4) is 11.5 Å². The fourth-order valence-corrected chi connectivity index (χ4v) is 5.09. The van der Waals surface area contributed by atoms with Gasteiger partial charge < -0.3 is 19.4 Å². The van der Waals surface area contributed by atoms with Crippen LogP contribution in [0.1, 0.15) is 31.2 Å². The van der Waals surface area contributed by atoms with E-state index in [0.717, 1.165) is 28.2 Å². The average molecular weight is 409 g/mol. The van der Waals surface area contributed by atoms with E-state index >= 15 is 0 Å². The van der Waals surface area contributed by atoms with Crippen molar-refractivity contribution in [1.82, 2.24) is 14.5 Å². The molecule has 6 nitrogen and oxygen atoms in total. The molecule has 2 aromatic carbocycles. The highest BCUT2D eigenvalue weighted by Crippen LogP contribution is 2.33. The summed E-state index contributed by atoms with van der Waals surface area (Å²) in [6.45, 7) is 0.741. The van der Waals surface area contributed by atoms with Gasteiger partial charge in [0.2, 0.25) is 0 Å². The summed E-state index contributed by atoms with van der Waals surface area (Å²) in [6, 6.07) is 11.0. The summed E-state index contributed by atoms with van der Waals surface area (Å²) >= 11 is 1.74. The van der Waals surface area contributed by atoms with Gasteiger partial charge in [0, 0.05) is 24.7 Å². The van der Waals surface area contributed by atoms with Crippen LogP contribution < -0.4 is 14.8 Å². The summed E-state index contributed by atoms with van der Waals surface area (Å²) in [4.78, 5) is 9.29. The Morgan fingerprint density at radius 2 is 1.86 bits per heavy atom. The van der Waals surface area contributed by atoms with Gasteiger partial charge in [-0.3, -0.25) is 0 Å². The van der Waals surface area contributed by atoms with Crippen LogP contribution in [0.5, 0.6) is 11.5 Å². The number of benzene rings is 2. The summed E-state index contributed by atoms with van der Waals surface area (Å²) < 4.78 is 14.2. The Labute approximate surface area is 173 Å². The SMILES string of the molecule is COc1cc2ncn(Cc3ccc4nc(NC5CCCC5)sc4c3)c2cc1OC. The lowest BCUT2D eigenvalue weighted by Crippen LogP contribution is -2.13. The zero-order valence-electron chi connectivity index (χ0n) is 16.6. The van der Waals surface area contributed by atoms with Gasteiger partial charge in [-0.15, -0.1) is 0 Å². The molecule has 0 aliphatic heterocycles. The van der Waals surface area contributed by atoms with Crippen molar-refractivity contribution in [2.24, 2.45) is 0 Å². The van der Waals surface area contributed by atoms with E-state index in [9.17, 15) is 0 Å². The normalized spacial score (nSPS) is 14.7. The number of imidazole rings is 1. The molecule has 4 aromatic rings. The van der Waals surface area contributed by atoms with Crippen molar-refractivity contribution in [2.75, 3.05) is 19.5 Å². The summed E-state index contributed by atoms with van der Waals surface area (Å²) in [6.07, 6.45) is 7.02. The van der Waals surface area contributed by atoms with E-state index in [4.69, 9.17) is 14.5 Å². The molecular weight excluding hydrogens is 384 g/mol. The average Bonchev–Trinajstić information content (AvgIpc) is 3.47. The second-order valence-electron chi connectivity index (χ2n) is 7.52. The fraction of sp³-hybridized carbons (Fsp3) is 0.364. The lowest BCUT2D eigenvalue weighted by Gasteiger charge is -2.09. The standard InChI is InChI=1S/C22H24N4O2S/c1-27-19-10-17-18(11-20(19)28-2)26(13-23-17)12-14-7-8-16-21(9-14)29-22(25-16)24-15-5-3-4-6-15/h7-11,13,15H,3-6,12H2,1-2H3,(H,24,25). The number of nitrogens with one attached hydrogen (secondary N) is 1. The molecule has 0 bridgehead atoms. The number of aromatic nitrogens is 3. The minimum atomic E-state index is 0.583. The molecule has 0 saturated heterocycles. The van der Waals surface area contributed by atoms with Gasteiger partial charge >= 0.3 is 0 Å². The molecule has 0 amide bonds. The molecule has 1 fully saturated rings. The molecule has 1 N–H and O–H groups in total. The molecular formula is C22H24N4O2S. The number of ether oxygens (including phenoxy) is 2. The Hall–Kier alpha value is -2.80. The maximum absolute atomic E-state index is 5.45. The number of hydrogen-bond donors (Lipinski definition) is 1. The molecule has 1 aliphatic carbocycles. The van der Waals surface area contributed by atoms with Crippen molar-refractivity contribution in [3.63, 3.8) is 0 Å². The lowest BCUT2D eigenvalue weighted by atomic mass is 10.2. The van der Waals surface area contributed by atoms with Crippen molar-refractivity contribution < 1.29 is 9.47 Å². The quantitative estimate of drug-likeness (QED) is 0.483. The summed E-state index contributed by atoms with van der Waals surface area (Å²) in [7, 11) is 3.29. The number of anilines is 1. The Kier molecular flexibility index (Phi) is 4.75. The third-order valence-electron chi connectivity index (χ3n) is 5.61. The monoisotopic (exact) mass is 408 g/mol. The van der Waals surface area contributed by atoms with Gasteiger partial charge in [-0.1, -0.05) is 30.2 Å². The van der Waals surface area contributed by atoms with Crippen molar-refractivity contribution in [3.05, 3.63) is 42.2 Å². The van der Waals surface area contributed by atoms with E-state index in [1.54, 1.807) is 25.6 Å². The highest BCUT2D eigenvalue weighted by atomic mass is 32.1. The van der Waals surface area contributed by atoms with E-state index in [0.29, 0.717) is 17.5 Å². The summed E-state index contributed by atoms with van der Waals surface area (Å²) in [5.74, 6) is 1.40. The first kappa shape index (κ1) is 18.2. The fourth-order valence-electron chi connectivity index (χ4n) is 4.08. The number of methoxy groups -OCH3 is 2. The summed E-state index contributed by atoms with van der Waals surface area (Å²) in [5.41, 5.74) is 4.20. The van der Waals surface area contributed by atoms with Crippen LogP contribution in [-0.2, 0) is 6.54 Å². The van der Waals surface area contributed by atoms with Crippen molar-refractivity contribution in [1.29, 1.82) is 0 Å². The highest BCUT2D eigenvalue weighted by molar-refractivity contribution is 7.22. The lowest BCUT2D eigenvalue weighted by molar-refractivity contribution is 0.355. The first-order valence-electron chi connectivity index (χ1n) is 9.96. The minimum Gasteiger partial charge on any atom is -0.493 e. The number of rotatable bonds is 6. The Morgan fingerprint density at radius 3 is 2.66 bits per heavy atom. The first-order chi connectivity index (χ1) is 14.2. The molecule has 0 radical (unpaired) electrons. The van der Waals surface area contributed by atoms with Gasteiger partial charge in [0.15, 0.2) is 16.6 Å². The van der Waals surface area contributed by atoms with Gasteiger partial charge in [0.05, 0.1) is 41.8 Å². The molecule has 0 spiro atoms. The van der Waals surface area contributed by atoms with Crippen LogP contribution in [-0.4, -0.2) is 34.8 Å². The third kappa shape index (κ3) is 3.51. The van der Waals surface area contributed by atoms with E-state index in [1.807, 2.05) is 18.5 Å². The van der Waals surface area contributed by atoms with Crippen LogP contribution in [0.25, 0.3) is 21.3 Å². The largest absolute Gasteiger partial charge is 0.493 e. The maximum Gasteiger partial charge on any atom is 0.184 e. The zero-order valence-corrected chi connectivity index (χ0v) is 17.5. The van der Waals surface area contributed by atoms with E-state index in [1.165, 1.54) is 35.9 Å². The molecule has 1 aliphatic rings. The van der Waals surface area contributed by atoms with Crippen LogP contribution in [0, 0.1) is 0 Å². The highest BCUT2D eigenvalue weighted by Gasteiger charge is 2.16. The first-order valence-corrected chi connectivity index (χ1v) is 10.8. The summed E-state index contributed by atoms with van der Waals surface area (Å²) in [5, 5.41) is 4.65. The molecule has 7 heteroatoms. The topological polar surface area (TPSA) is 61.2 Å². The molecule has 5 rings (SSSR count). The molecule has 1 saturated carbocycles. The van der Waals surface area contributed by atoms with Crippen molar-refractivity contribution >= 4 is 37.7 Å². The second kappa shape index (κ2) is 7.55. The Balaban J connectivity index is 1.42. The van der Waals surface area contributed by atoms with Gasteiger partial charge in [-0.05, 0) is 30.5 Å². The van der Waals surface area contributed by atoms with Crippen LogP contribution in [0.3, 0.4) is 0 Å². The zero-order chi connectivity index (χ0) is 19.8. The number of fused-ring (bicyclic) bond motifs is 2. The third-order valence-corrected chi connectivity index (χ3v) is 6.56. The molecule has 2 heterocycles. The minimum absolute atomic E-state index is 0.583. The number of thiazole rings is 1. The second-order valence-corrected chi connectivity index (χ2v) is 8.55. The molecule has 29 heavy (non-hydrogen) atoms.